The number of ether oxygens (including phenoxy) is 2. The van der Waals surface area contributed by atoms with Crippen molar-refractivity contribution in [2.75, 3.05) is 14.2 Å². The number of aromatic nitrogens is 4. The van der Waals surface area contributed by atoms with E-state index in [0.29, 0.717) is 34.6 Å². The third kappa shape index (κ3) is 5.55. The third-order valence-corrected chi connectivity index (χ3v) is 8.38. The summed E-state index contributed by atoms with van der Waals surface area (Å²) >= 11 is 0. The summed E-state index contributed by atoms with van der Waals surface area (Å²) in [5.74, 6) is -0.828. The number of carbonyl (C=O) groups excluding carboxylic acids is 2. The molecular weight excluding hydrogens is 552 g/mol. The van der Waals surface area contributed by atoms with Crippen molar-refractivity contribution in [3.05, 3.63) is 82.5 Å². The van der Waals surface area contributed by atoms with Crippen molar-refractivity contribution in [3.63, 3.8) is 0 Å². The summed E-state index contributed by atoms with van der Waals surface area (Å²) < 4.78 is 35.4. The molecule has 3 aromatic heterocycles. The number of allylic oxidation sites excluding steroid dienone is 4. The summed E-state index contributed by atoms with van der Waals surface area (Å²) in [6.45, 7) is 11.5. The van der Waals surface area contributed by atoms with Gasteiger partial charge in [-0.3, -0.25) is 9.59 Å². The zero-order valence-corrected chi connectivity index (χ0v) is 25.7. The fraction of sp³-hybridized carbons (Fsp3) is 0.278. The number of aromatic amines is 2. The van der Waals surface area contributed by atoms with Gasteiger partial charge in [0.25, 0.3) is 0 Å². The second kappa shape index (κ2) is 12.3. The van der Waals surface area contributed by atoms with E-state index < -0.39 is 12.8 Å². The van der Waals surface area contributed by atoms with Crippen molar-refractivity contribution in [3.8, 4) is 0 Å². The van der Waals surface area contributed by atoms with Crippen molar-refractivity contribution in [1.29, 1.82) is 0 Å². The average molecular weight is 594 g/mol. The Bertz CT molecular complexity index is 2060. The number of aryl methyl sites for hydroxylation is 2. The van der Waals surface area contributed by atoms with Gasteiger partial charge in [-0.15, -0.1) is 0 Å². The summed E-state index contributed by atoms with van der Waals surface area (Å²) in [7, 11) is 2.64. The highest BCUT2D eigenvalue weighted by Crippen LogP contribution is 2.38. The molecule has 0 fully saturated rings. The monoisotopic (exact) mass is 593 g/mol. The van der Waals surface area contributed by atoms with Crippen LogP contribution in [0.15, 0.2) is 37.4 Å². The largest absolute Gasteiger partial charge is 0.469 e. The number of esters is 2. The lowest BCUT2D eigenvalue weighted by Gasteiger charge is -2.06. The Morgan fingerprint density at radius 2 is 1.18 bits per heavy atom. The standard InChI is InChI=1S/C36H38N4O4/c1-9-23-19(3)27-15-28-21(5)25(11-13-35(41)43-7)33(39-28)18-34-26(12-14-36(42)44-8)22(6)30(40-34)17-32-24(10-2)20(4)29(38-32)16-31(23)37-27/h9-10,15-18,37-38H,1-2,11-14H2,3-8H3/i6D3. The molecule has 2 aliphatic rings. The van der Waals surface area contributed by atoms with Gasteiger partial charge in [-0.05, 0) is 98.1 Å². The van der Waals surface area contributed by atoms with Gasteiger partial charge in [-0.2, -0.15) is 0 Å². The lowest BCUT2D eigenvalue weighted by atomic mass is 9.98. The smallest absolute Gasteiger partial charge is 0.305 e. The van der Waals surface area contributed by atoms with Gasteiger partial charge in [0.15, 0.2) is 0 Å². The molecule has 0 aliphatic carbocycles. The number of methoxy groups -OCH3 is 2. The fourth-order valence-electron chi connectivity index (χ4n) is 5.77. The van der Waals surface area contributed by atoms with Gasteiger partial charge in [-0.1, -0.05) is 25.3 Å². The van der Waals surface area contributed by atoms with Crippen LogP contribution >= 0.6 is 0 Å². The highest BCUT2D eigenvalue weighted by molar-refractivity contribution is 5.97. The number of hydrogen-bond acceptors (Lipinski definition) is 6. The Balaban J connectivity index is 1.96. The van der Waals surface area contributed by atoms with Gasteiger partial charge in [0, 0.05) is 50.1 Å². The Morgan fingerprint density at radius 3 is 1.68 bits per heavy atom. The molecule has 5 heterocycles. The van der Waals surface area contributed by atoms with Gasteiger partial charge in [-0.25, -0.2) is 9.97 Å². The second-order valence-corrected chi connectivity index (χ2v) is 10.8. The van der Waals surface area contributed by atoms with Crippen LogP contribution in [0.25, 0.3) is 56.5 Å². The average Bonchev–Trinajstić information content (AvgIpc) is 3.71. The van der Waals surface area contributed by atoms with E-state index in [2.05, 4.69) is 23.1 Å². The normalized spacial score (nSPS) is 14.2. The quantitative estimate of drug-likeness (QED) is 0.256. The number of H-pyrrole nitrogens is 2. The Labute approximate surface area is 261 Å². The van der Waals surface area contributed by atoms with Crippen LogP contribution in [0.4, 0.5) is 0 Å². The molecule has 0 spiro atoms. The zero-order chi connectivity index (χ0) is 34.2. The first-order valence-electron chi connectivity index (χ1n) is 15.9. The molecule has 8 bridgehead atoms. The van der Waals surface area contributed by atoms with Crippen LogP contribution in [-0.4, -0.2) is 46.1 Å². The summed E-state index contributed by atoms with van der Waals surface area (Å²) in [4.78, 5) is 41.3. The maximum atomic E-state index is 12.3. The summed E-state index contributed by atoms with van der Waals surface area (Å²) in [6, 6.07) is 7.42. The fourth-order valence-corrected chi connectivity index (χ4v) is 5.77. The Hall–Kier alpha value is -4.98. The first kappa shape index (κ1) is 26.6. The van der Waals surface area contributed by atoms with Gasteiger partial charge in [0.1, 0.15) is 0 Å². The number of carbonyl (C=O) groups is 2. The van der Waals surface area contributed by atoms with E-state index in [1.54, 1.807) is 18.2 Å². The van der Waals surface area contributed by atoms with Gasteiger partial charge in [0.2, 0.25) is 0 Å². The molecule has 3 aromatic rings. The van der Waals surface area contributed by atoms with Crippen LogP contribution < -0.4 is 0 Å². The van der Waals surface area contributed by atoms with Crippen molar-refractivity contribution in [2.45, 2.75) is 53.3 Å². The minimum absolute atomic E-state index is 0.0360. The van der Waals surface area contributed by atoms with Crippen molar-refractivity contribution in [1.82, 2.24) is 19.9 Å². The van der Waals surface area contributed by atoms with Crippen LogP contribution in [0, 0.1) is 13.8 Å². The van der Waals surface area contributed by atoms with E-state index in [4.69, 9.17) is 23.6 Å². The molecule has 2 aliphatic heterocycles. The highest BCUT2D eigenvalue weighted by Gasteiger charge is 2.23. The molecule has 0 amide bonds. The van der Waals surface area contributed by atoms with E-state index in [-0.39, 0.29) is 36.5 Å². The molecule has 2 N–H and O–H groups in total. The predicted molar refractivity (Wildman–Crippen MR) is 178 cm³/mol. The van der Waals surface area contributed by atoms with Gasteiger partial charge >= 0.3 is 11.9 Å². The summed E-state index contributed by atoms with van der Waals surface area (Å²) in [5, 5.41) is 0. The van der Waals surface area contributed by atoms with Gasteiger partial charge < -0.3 is 19.4 Å². The molecule has 5 rings (SSSR count). The molecule has 0 aromatic carbocycles. The maximum Gasteiger partial charge on any atom is 0.305 e. The molecule has 226 valence electrons. The molecule has 8 heteroatoms. The van der Waals surface area contributed by atoms with Crippen molar-refractivity contribution < 1.29 is 23.2 Å². The lowest BCUT2D eigenvalue weighted by molar-refractivity contribution is -0.141. The third-order valence-electron chi connectivity index (χ3n) is 8.38. The topological polar surface area (TPSA) is 110 Å². The molecule has 44 heavy (non-hydrogen) atoms. The SMILES string of the molecule is [2H]C([2H])([2H])C1=C(CCC(=O)OC)c2cc3nc(cc4[nH]c(cc5[nH]c(cc1n2)c(C=C)c5C)c(C=C)c4C)C(C)=C3CCC(=O)OC. The summed E-state index contributed by atoms with van der Waals surface area (Å²) in [6.07, 6.45) is 4.07. The van der Waals surface area contributed by atoms with Crippen LogP contribution in [-0.2, 0) is 19.1 Å². The van der Waals surface area contributed by atoms with E-state index in [1.807, 2.05) is 39.0 Å². The van der Waals surface area contributed by atoms with Crippen molar-refractivity contribution >= 4 is 68.4 Å². The second-order valence-electron chi connectivity index (χ2n) is 10.8. The molecule has 0 radical (unpaired) electrons. The zero-order valence-electron chi connectivity index (χ0n) is 28.7. The molecule has 0 atom stereocenters. The first-order valence-corrected chi connectivity index (χ1v) is 14.4. The van der Waals surface area contributed by atoms with Crippen LogP contribution in [0.1, 0.15) is 88.6 Å². The number of rotatable bonds is 8. The first-order chi connectivity index (χ1) is 22.3. The molecule has 0 saturated carbocycles. The molecule has 8 nitrogen and oxygen atoms in total. The lowest BCUT2D eigenvalue weighted by Crippen LogP contribution is -2.01. The Morgan fingerprint density at radius 1 is 0.727 bits per heavy atom. The van der Waals surface area contributed by atoms with Gasteiger partial charge in [0.05, 0.1) is 37.0 Å². The van der Waals surface area contributed by atoms with E-state index >= 15 is 0 Å². The Kier molecular flexibility index (Phi) is 7.46. The molecule has 0 saturated heterocycles. The van der Waals surface area contributed by atoms with E-state index in [9.17, 15) is 9.59 Å². The highest BCUT2D eigenvalue weighted by atomic mass is 16.5. The van der Waals surface area contributed by atoms with Crippen LogP contribution in [0.3, 0.4) is 0 Å². The number of nitrogens with one attached hydrogen (secondary N) is 2. The molecular formula is C36H38N4O4. The van der Waals surface area contributed by atoms with Crippen molar-refractivity contribution in [2.24, 2.45) is 0 Å². The van der Waals surface area contributed by atoms with E-state index in [1.165, 1.54) is 14.2 Å². The van der Waals surface area contributed by atoms with Crippen LogP contribution in [0.5, 0.6) is 0 Å². The number of fused-ring (bicyclic) bond motifs is 8. The van der Waals surface area contributed by atoms with E-state index in [0.717, 1.165) is 50.0 Å². The summed E-state index contributed by atoms with van der Waals surface area (Å²) in [5.41, 5.74) is 10.8. The minimum Gasteiger partial charge on any atom is -0.469 e. The molecule has 0 unspecified atom stereocenters. The maximum absolute atomic E-state index is 12.3. The number of hydrogen-bond donors (Lipinski definition) is 2. The van der Waals surface area contributed by atoms with Crippen LogP contribution in [0.2, 0.25) is 0 Å². The number of nitrogens with zero attached hydrogens (tertiary/aromatic N) is 2. The predicted octanol–water partition coefficient (Wildman–Crippen LogP) is 7.99. The minimum atomic E-state index is -2.55.